The quantitative estimate of drug-likeness (QED) is 0.127. The Kier molecular flexibility index (Phi) is 18.3. The van der Waals surface area contributed by atoms with Gasteiger partial charge in [0.15, 0.2) is 5.82 Å². The molecule has 3 aliphatic rings. The van der Waals surface area contributed by atoms with Crippen LogP contribution in [-0.2, 0) is 12.7 Å². The highest BCUT2D eigenvalue weighted by Gasteiger charge is 2.44. The number of alkyl halides is 4. The number of hydrogen-bond acceptors (Lipinski definition) is 10. The summed E-state index contributed by atoms with van der Waals surface area (Å²) >= 11 is 1.34. The molecule has 3 aromatic heterocycles. The molecule has 6 heterocycles. The summed E-state index contributed by atoms with van der Waals surface area (Å²) in [6.45, 7) is 21.5. The smallest absolute Gasteiger partial charge is 0.420 e. The monoisotopic (exact) mass is 895 g/mol. The summed E-state index contributed by atoms with van der Waals surface area (Å²) in [5.41, 5.74) is 12.9. The summed E-state index contributed by atoms with van der Waals surface area (Å²) in [5, 5.41) is 0.143. The number of benzene rings is 2. The van der Waals surface area contributed by atoms with Gasteiger partial charge in [-0.05, 0) is 70.7 Å². The molecule has 0 spiro atoms. The number of aromatic nitrogens is 3. The molecule has 0 amide bonds. The predicted octanol–water partition coefficient (Wildman–Crippen LogP) is 12.6. The van der Waals surface area contributed by atoms with E-state index in [-0.39, 0.29) is 53.8 Å². The van der Waals surface area contributed by atoms with Crippen LogP contribution in [0.5, 0.6) is 11.8 Å². The van der Waals surface area contributed by atoms with E-state index in [4.69, 9.17) is 20.9 Å². The first-order chi connectivity index (χ1) is 30.1. The normalized spacial score (nSPS) is 16.8. The number of hydrogen-bond donors (Lipinski definition) is 2. The van der Waals surface area contributed by atoms with Gasteiger partial charge in [-0.3, -0.25) is 4.90 Å². The second-order valence-electron chi connectivity index (χ2n) is 15.2. The zero-order chi connectivity index (χ0) is 46.6. The van der Waals surface area contributed by atoms with Crippen LogP contribution < -0.4 is 25.8 Å². The third-order valence-electron chi connectivity index (χ3n) is 10.3. The van der Waals surface area contributed by atoms with Gasteiger partial charge in [-0.1, -0.05) is 88.8 Å². The maximum absolute atomic E-state index is 16.7. The first kappa shape index (κ1) is 50.4. The zero-order valence-corrected chi connectivity index (χ0v) is 38.7. The van der Waals surface area contributed by atoms with Gasteiger partial charge in [-0.15, -0.1) is 11.3 Å². The van der Waals surface area contributed by atoms with Crippen LogP contribution in [0.1, 0.15) is 88.8 Å². The number of nitrogens with two attached hydrogens (primary N) is 2. The van der Waals surface area contributed by atoms with E-state index in [9.17, 15) is 4.39 Å². The fourth-order valence-corrected chi connectivity index (χ4v) is 8.66. The van der Waals surface area contributed by atoms with E-state index in [2.05, 4.69) is 40.3 Å². The standard InChI is InChI=1S/C28H24F4N6O2S.C8H12.C7H12FN.C3H8.C2H6/c1-12-6-7-15(17-21(33)13(2)41-24(12)17)16-19(28(30,31)32)23-18-22(20(16)29)36-27(39-3)37-26(18)38(9-10-40-23)11-14-5-4-8-35-25(14)34;1-4-5-6-7-8(2)3;8-6-4-7-2-1-3-9(7)5-6;1-3-2;1-2/h4-8H,9-11,33H2,1-3H3,(H2,34,35);4-7H,2H2,1,3H3;6-7H,1-5H2;3H2,1-2H3;1-2H3/b;5-4-,7-6-;;;. The van der Waals surface area contributed by atoms with E-state index in [1.165, 1.54) is 50.0 Å². The minimum atomic E-state index is -5.00. The molecule has 15 heteroatoms. The van der Waals surface area contributed by atoms with Crippen molar-refractivity contribution in [1.82, 2.24) is 19.9 Å². The summed E-state index contributed by atoms with van der Waals surface area (Å²) in [6.07, 6.45) is 8.50. The van der Waals surface area contributed by atoms with Crippen molar-refractivity contribution in [3.05, 3.63) is 94.3 Å². The molecule has 2 aromatic carbocycles. The second kappa shape index (κ2) is 22.9. The van der Waals surface area contributed by atoms with Gasteiger partial charge in [-0.25, -0.2) is 13.8 Å². The Morgan fingerprint density at radius 1 is 1.08 bits per heavy atom. The largest absolute Gasteiger partial charge is 0.490 e. The highest BCUT2D eigenvalue weighted by atomic mass is 32.1. The lowest BCUT2D eigenvalue weighted by Crippen LogP contribution is -2.28. The number of thiophene rings is 1. The van der Waals surface area contributed by atoms with Gasteiger partial charge in [0.05, 0.1) is 24.7 Å². The summed E-state index contributed by atoms with van der Waals surface area (Å²) in [6, 6.07) is 6.94. The van der Waals surface area contributed by atoms with Crippen molar-refractivity contribution in [3.8, 4) is 22.9 Å². The Bertz CT molecular complexity index is 2390. The summed E-state index contributed by atoms with van der Waals surface area (Å²) in [4.78, 5) is 17.3. The SMILES string of the molecule is C=C(C)/C=C\C=C/C.CC.CCC.COc1nc2c3c(c(C(F)(F)F)c(-c4ccc(C)c5sc(C)c(N)c45)c(F)c3n1)OCCN2Cc1cccnc1N.FC1CC2CCCN2C1. The topological polar surface area (TPSA) is 116 Å². The number of halogens is 5. The van der Waals surface area contributed by atoms with Gasteiger partial charge in [0.1, 0.15) is 41.2 Å². The molecule has 5 aromatic rings. The Hall–Kier alpha value is -5.28. The minimum absolute atomic E-state index is 0.00221. The molecule has 8 rings (SSSR count). The second-order valence-corrected chi connectivity index (χ2v) is 16.5. The Balaban J connectivity index is 0.000000324. The fraction of sp³-hybridized carbons (Fsp3) is 0.438. The number of nitrogen functional groups attached to an aromatic ring is 2. The lowest BCUT2D eigenvalue weighted by molar-refractivity contribution is -0.138. The van der Waals surface area contributed by atoms with Crippen LogP contribution in [0, 0.1) is 19.7 Å². The average Bonchev–Trinajstić information content (AvgIpc) is 3.89. The van der Waals surface area contributed by atoms with Crippen molar-refractivity contribution in [3.63, 3.8) is 0 Å². The highest BCUT2D eigenvalue weighted by molar-refractivity contribution is 7.20. The van der Waals surface area contributed by atoms with E-state index in [0.29, 0.717) is 33.9 Å². The third kappa shape index (κ3) is 11.8. The number of nitrogens with zero attached hydrogens (tertiary/aromatic N) is 5. The molecule has 4 N–H and O–H groups in total. The molecule has 63 heavy (non-hydrogen) atoms. The van der Waals surface area contributed by atoms with Crippen molar-refractivity contribution in [2.75, 3.05) is 49.7 Å². The van der Waals surface area contributed by atoms with Gasteiger partial charge in [0.2, 0.25) is 0 Å². The maximum atomic E-state index is 16.7. The number of ether oxygens (including phenoxy) is 2. The molecule has 0 bridgehead atoms. The predicted molar refractivity (Wildman–Crippen MR) is 251 cm³/mol. The first-order valence-electron chi connectivity index (χ1n) is 21.4. The number of allylic oxidation sites excluding steroid dienone is 5. The van der Waals surface area contributed by atoms with Crippen LogP contribution in [0.25, 0.3) is 32.1 Å². The highest BCUT2D eigenvalue weighted by Crippen LogP contribution is 2.53. The molecule has 342 valence electrons. The van der Waals surface area contributed by atoms with Crippen LogP contribution in [-0.4, -0.2) is 65.4 Å². The number of rotatable bonds is 6. The van der Waals surface area contributed by atoms with Gasteiger partial charge >= 0.3 is 12.2 Å². The summed E-state index contributed by atoms with van der Waals surface area (Å²) in [5.74, 6) is -1.46. The van der Waals surface area contributed by atoms with Gasteiger partial charge in [0, 0.05) is 51.4 Å². The molecule has 0 saturated carbocycles. The van der Waals surface area contributed by atoms with Crippen molar-refractivity contribution in [2.24, 2.45) is 0 Å². The lowest BCUT2D eigenvalue weighted by Gasteiger charge is -2.24. The molecule has 0 radical (unpaired) electrons. The van der Waals surface area contributed by atoms with E-state index in [1.54, 1.807) is 30.0 Å². The third-order valence-corrected chi connectivity index (χ3v) is 11.6. The maximum Gasteiger partial charge on any atom is 0.420 e. The van der Waals surface area contributed by atoms with E-state index in [1.807, 2.05) is 58.9 Å². The van der Waals surface area contributed by atoms with Crippen molar-refractivity contribution >= 4 is 49.6 Å². The number of methoxy groups -OCH3 is 1. The lowest BCUT2D eigenvalue weighted by atomic mass is 9.91. The number of pyridine rings is 1. The molecular formula is C48H62F5N7O2S. The van der Waals surface area contributed by atoms with Crippen LogP contribution >= 0.6 is 11.3 Å². The molecule has 2 saturated heterocycles. The molecule has 2 fully saturated rings. The Morgan fingerprint density at radius 2 is 1.79 bits per heavy atom. The van der Waals surface area contributed by atoms with Gasteiger partial charge in [-0.2, -0.15) is 23.1 Å². The number of aryl methyl sites for hydroxylation is 2. The van der Waals surface area contributed by atoms with E-state index >= 15 is 17.6 Å². The average molecular weight is 896 g/mol. The van der Waals surface area contributed by atoms with Gasteiger partial charge < -0.3 is 25.8 Å². The van der Waals surface area contributed by atoms with Crippen LogP contribution in [0.15, 0.2) is 66.9 Å². The van der Waals surface area contributed by atoms with Crippen LogP contribution in [0.3, 0.4) is 0 Å². The molecule has 0 aliphatic carbocycles. The minimum Gasteiger partial charge on any atom is -0.490 e. The molecule has 2 unspecified atom stereocenters. The number of fused-ring (bicyclic) bond motifs is 2. The summed E-state index contributed by atoms with van der Waals surface area (Å²) in [7, 11) is 1.30. The molecule has 9 nitrogen and oxygen atoms in total. The Labute approximate surface area is 372 Å². The van der Waals surface area contributed by atoms with E-state index in [0.717, 1.165) is 29.0 Å². The van der Waals surface area contributed by atoms with Crippen molar-refractivity contribution in [2.45, 2.75) is 106 Å². The zero-order valence-electron chi connectivity index (χ0n) is 37.9. The van der Waals surface area contributed by atoms with Gasteiger partial charge in [0.25, 0.3) is 0 Å². The van der Waals surface area contributed by atoms with Crippen molar-refractivity contribution < 1.29 is 31.4 Å². The van der Waals surface area contributed by atoms with E-state index < -0.39 is 35.0 Å². The first-order valence-corrected chi connectivity index (χ1v) is 22.2. The molecule has 2 atom stereocenters. The molecule has 3 aliphatic heterocycles. The van der Waals surface area contributed by atoms with Crippen LogP contribution in [0.4, 0.5) is 39.3 Å². The summed E-state index contributed by atoms with van der Waals surface area (Å²) < 4.78 is 86.2. The molecular weight excluding hydrogens is 834 g/mol. The number of anilines is 3. The van der Waals surface area contributed by atoms with Crippen LogP contribution in [0.2, 0.25) is 0 Å². The Morgan fingerprint density at radius 3 is 2.41 bits per heavy atom. The van der Waals surface area contributed by atoms with Crippen molar-refractivity contribution in [1.29, 1.82) is 0 Å². The fourth-order valence-electron chi connectivity index (χ4n) is 7.60.